The van der Waals surface area contributed by atoms with Gasteiger partial charge in [0.1, 0.15) is 11.2 Å². The first-order chi connectivity index (χ1) is 12.9. The van der Waals surface area contributed by atoms with Gasteiger partial charge in [0, 0.05) is 27.9 Å². The number of pyridine rings is 1. The molecule has 0 aliphatic rings. The Hall–Kier alpha value is -3.59. The summed E-state index contributed by atoms with van der Waals surface area (Å²) in [6.45, 7) is 0. The normalized spacial score (nSPS) is 11.8. The maximum Gasteiger partial charge on any atom is 0.144 e. The van der Waals surface area contributed by atoms with Gasteiger partial charge in [-0.25, -0.2) is 4.52 Å². The third-order valence-electron chi connectivity index (χ3n) is 5.01. The molecule has 0 N–H and O–H groups in total. The SMILES string of the molecule is c1ccc2cn3nc(-c4cccc5c4oc4ccccc45)cc3cc2c1. The fourth-order valence-corrected chi connectivity index (χ4v) is 3.75. The topological polar surface area (TPSA) is 30.4 Å². The van der Waals surface area contributed by atoms with Gasteiger partial charge in [-0.05, 0) is 29.7 Å². The smallest absolute Gasteiger partial charge is 0.144 e. The molecule has 3 heteroatoms. The highest BCUT2D eigenvalue weighted by molar-refractivity contribution is 6.09. The zero-order chi connectivity index (χ0) is 17.1. The maximum atomic E-state index is 6.16. The number of rotatable bonds is 1. The van der Waals surface area contributed by atoms with Crippen LogP contribution in [-0.2, 0) is 0 Å². The molecule has 0 aliphatic carbocycles. The molecule has 0 fully saturated rings. The largest absolute Gasteiger partial charge is 0.455 e. The second kappa shape index (κ2) is 4.96. The van der Waals surface area contributed by atoms with Crippen molar-refractivity contribution >= 4 is 38.2 Å². The summed E-state index contributed by atoms with van der Waals surface area (Å²) in [5.74, 6) is 0. The third-order valence-corrected chi connectivity index (χ3v) is 5.01. The van der Waals surface area contributed by atoms with Crippen LogP contribution in [0.2, 0.25) is 0 Å². The van der Waals surface area contributed by atoms with Gasteiger partial charge >= 0.3 is 0 Å². The van der Waals surface area contributed by atoms with Crippen LogP contribution < -0.4 is 0 Å². The van der Waals surface area contributed by atoms with Gasteiger partial charge in [-0.3, -0.25) is 0 Å². The number of aromatic nitrogens is 2. The predicted octanol–water partition coefficient (Wildman–Crippen LogP) is 6.05. The van der Waals surface area contributed by atoms with E-state index in [-0.39, 0.29) is 0 Å². The Bertz CT molecular complexity index is 1390. The summed E-state index contributed by atoms with van der Waals surface area (Å²) >= 11 is 0. The Balaban J connectivity index is 1.66. The van der Waals surface area contributed by atoms with Crippen LogP contribution in [0.15, 0.2) is 89.5 Å². The summed E-state index contributed by atoms with van der Waals surface area (Å²) in [6.07, 6.45) is 2.08. The predicted molar refractivity (Wildman–Crippen MR) is 105 cm³/mol. The van der Waals surface area contributed by atoms with Crippen molar-refractivity contribution < 1.29 is 4.42 Å². The van der Waals surface area contributed by atoms with Crippen LogP contribution in [0.25, 0.3) is 49.5 Å². The molecule has 0 bridgehead atoms. The lowest BCUT2D eigenvalue weighted by Gasteiger charge is -1.98. The van der Waals surface area contributed by atoms with E-state index in [0.29, 0.717) is 0 Å². The van der Waals surface area contributed by atoms with E-state index in [2.05, 4.69) is 60.8 Å². The van der Waals surface area contributed by atoms with Crippen molar-refractivity contribution in [1.82, 2.24) is 9.61 Å². The minimum atomic E-state index is 0.890. The molecule has 0 amide bonds. The fraction of sp³-hybridized carbons (Fsp3) is 0. The summed E-state index contributed by atoms with van der Waals surface area (Å²) in [5.41, 5.74) is 4.81. The molecular formula is C23H14N2O. The van der Waals surface area contributed by atoms with E-state index in [1.54, 1.807) is 0 Å². The first-order valence-corrected chi connectivity index (χ1v) is 8.66. The fourth-order valence-electron chi connectivity index (χ4n) is 3.75. The molecule has 6 rings (SSSR count). The van der Waals surface area contributed by atoms with Gasteiger partial charge in [0.2, 0.25) is 0 Å². The van der Waals surface area contributed by atoms with Crippen LogP contribution in [0.4, 0.5) is 0 Å². The van der Waals surface area contributed by atoms with Crippen molar-refractivity contribution in [2.75, 3.05) is 0 Å². The number of hydrogen-bond donors (Lipinski definition) is 0. The number of furan rings is 1. The minimum Gasteiger partial charge on any atom is -0.455 e. The molecule has 0 atom stereocenters. The molecule has 122 valence electrons. The summed E-state index contributed by atoms with van der Waals surface area (Å²) in [7, 11) is 0. The van der Waals surface area contributed by atoms with Crippen LogP contribution in [-0.4, -0.2) is 9.61 Å². The van der Waals surface area contributed by atoms with Crippen molar-refractivity contribution in [1.29, 1.82) is 0 Å². The van der Waals surface area contributed by atoms with E-state index in [4.69, 9.17) is 9.52 Å². The first kappa shape index (κ1) is 13.7. The summed E-state index contributed by atoms with van der Waals surface area (Å²) in [6, 6.07) is 27.0. The monoisotopic (exact) mass is 334 g/mol. The molecule has 0 saturated carbocycles. The molecule has 0 radical (unpaired) electrons. The van der Waals surface area contributed by atoms with Crippen molar-refractivity contribution in [3.8, 4) is 11.3 Å². The molecule has 3 aromatic carbocycles. The molecule has 0 saturated heterocycles. The standard InChI is InChI=1S/C23H14N2O/c1-2-7-16-14-25-17(12-15(16)6-1)13-21(24-25)20-10-5-9-19-18-8-3-4-11-22(18)26-23(19)20/h1-14H. The Morgan fingerprint density at radius 2 is 1.54 bits per heavy atom. The second-order valence-corrected chi connectivity index (χ2v) is 6.58. The highest BCUT2D eigenvalue weighted by Crippen LogP contribution is 2.35. The van der Waals surface area contributed by atoms with E-state index in [1.807, 2.05) is 28.8 Å². The number of fused-ring (bicyclic) bond motifs is 5. The third kappa shape index (κ3) is 1.85. The maximum absolute atomic E-state index is 6.16. The summed E-state index contributed by atoms with van der Waals surface area (Å²) in [4.78, 5) is 0. The zero-order valence-corrected chi connectivity index (χ0v) is 13.9. The van der Waals surface area contributed by atoms with Gasteiger partial charge < -0.3 is 4.42 Å². The van der Waals surface area contributed by atoms with Gasteiger partial charge in [-0.15, -0.1) is 0 Å². The van der Waals surface area contributed by atoms with Gasteiger partial charge in [0.25, 0.3) is 0 Å². The lowest BCUT2D eigenvalue weighted by Crippen LogP contribution is -1.87. The molecule has 0 unspecified atom stereocenters. The Kier molecular flexibility index (Phi) is 2.61. The molecule has 6 aromatic rings. The van der Waals surface area contributed by atoms with E-state index in [9.17, 15) is 0 Å². The van der Waals surface area contributed by atoms with Gasteiger partial charge in [0.15, 0.2) is 0 Å². The first-order valence-electron chi connectivity index (χ1n) is 8.66. The number of benzene rings is 3. The van der Waals surface area contributed by atoms with Gasteiger partial charge in [-0.1, -0.05) is 54.6 Å². The summed E-state index contributed by atoms with van der Waals surface area (Å²) < 4.78 is 8.11. The van der Waals surface area contributed by atoms with Crippen LogP contribution in [0.1, 0.15) is 0 Å². The second-order valence-electron chi connectivity index (χ2n) is 6.58. The van der Waals surface area contributed by atoms with Crippen LogP contribution in [0.3, 0.4) is 0 Å². The highest BCUT2D eigenvalue weighted by Gasteiger charge is 2.14. The van der Waals surface area contributed by atoms with E-state index < -0.39 is 0 Å². The van der Waals surface area contributed by atoms with Crippen molar-refractivity contribution in [2.24, 2.45) is 0 Å². The van der Waals surface area contributed by atoms with Crippen molar-refractivity contribution in [2.45, 2.75) is 0 Å². The quantitative estimate of drug-likeness (QED) is 0.366. The number of hydrogen-bond acceptors (Lipinski definition) is 2. The molecule has 0 aliphatic heterocycles. The van der Waals surface area contributed by atoms with Crippen LogP contribution in [0.5, 0.6) is 0 Å². The molecule has 3 aromatic heterocycles. The van der Waals surface area contributed by atoms with Crippen molar-refractivity contribution in [3.63, 3.8) is 0 Å². The minimum absolute atomic E-state index is 0.890. The average molecular weight is 334 g/mol. The van der Waals surface area contributed by atoms with Gasteiger partial charge in [0.05, 0.1) is 11.2 Å². The molecule has 0 spiro atoms. The molecule has 26 heavy (non-hydrogen) atoms. The molecular weight excluding hydrogens is 320 g/mol. The van der Waals surface area contributed by atoms with Gasteiger partial charge in [-0.2, -0.15) is 5.10 Å². The molecule has 3 nitrogen and oxygen atoms in total. The van der Waals surface area contributed by atoms with E-state index in [1.165, 1.54) is 10.8 Å². The Morgan fingerprint density at radius 3 is 2.50 bits per heavy atom. The molecule has 3 heterocycles. The number of para-hydroxylation sites is 2. The average Bonchev–Trinajstić information content (AvgIpc) is 3.26. The highest BCUT2D eigenvalue weighted by atomic mass is 16.3. The lowest BCUT2D eigenvalue weighted by molar-refractivity contribution is 0.669. The summed E-state index contributed by atoms with van der Waals surface area (Å²) in [5, 5.41) is 9.47. The Labute approximate surface area is 149 Å². The zero-order valence-electron chi connectivity index (χ0n) is 13.9. The van der Waals surface area contributed by atoms with E-state index >= 15 is 0 Å². The van der Waals surface area contributed by atoms with Crippen LogP contribution >= 0.6 is 0 Å². The number of nitrogens with zero attached hydrogens (tertiary/aromatic N) is 2. The van der Waals surface area contributed by atoms with Crippen LogP contribution in [0, 0.1) is 0 Å². The lowest BCUT2D eigenvalue weighted by atomic mass is 10.1. The van der Waals surface area contributed by atoms with E-state index in [0.717, 1.165) is 38.7 Å². The Morgan fingerprint density at radius 1 is 0.731 bits per heavy atom. The van der Waals surface area contributed by atoms with Crippen molar-refractivity contribution in [3.05, 3.63) is 85.1 Å².